The Morgan fingerprint density at radius 1 is 1.62 bits per heavy atom. The van der Waals surface area contributed by atoms with Gasteiger partial charge < -0.3 is 0 Å². The normalized spacial score (nSPS) is 13.2. The molecule has 0 N–H and O–H groups in total. The summed E-state index contributed by atoms with van der Waals surface area (Å²) < 4.78 is 0. The van der Waals surface area contributed by atoms with Crippen LogP contribution in [-0.2, 0) is 11.2 Å². The average Bonchev–Trinajstić information content (AvgIpc) is 2.50. The number of Topliss-reactive ketones (excluding diaryl/α,β-unsaturated/α-hetero) is 1. The van der Waals surface area contributed by atoms with Gasteiger partial charge in [0.2, 0.25) is 0 Å². The molecule has 0 aromatic carbocycles. The predicted molar refractivity (Wildman–Crippen MR) is 56.2 cm³/mol. The largest absolute Gasteiger partial charge is 0.299 e. The van der Waals surface area contributed by atoms with E-state index < -0.39 is 0 Å². The molecule has 72 valence electrons. The third-order valence-corrected chi connectivity index (χ3v) is 2.97. The lowest BCUT2D eigenvalue weighted by atomic mass is 10.1. The third kappa shape index (κ3) is 2.94. The van der Waals surface area contributed by atoms with Crippen LogP contribution in [0.25, 0.3) is 0 Å². The van der Waals surface area contributed by atoms with Crippen LogP contribution in [0.2, 0.25) is 0 Å². The monoisotopic (exact) mass is 197 g/mol. The molecule has 3 heteroatoms. The van der Waals surface area contributed by atoms with Crippen LogP contribution >= 0.6 is 11.3 Å². The van der Waals surface area contributed by atoms with Crippen LogP contribution in [-0.4, -0.2) is 30.8 Å². The van der Waals surface area contributed by atoms with Gasteiger partial charge in [0.25, 0.3) is 0 Å². The summed E-state index contributed by atoms with van der Waals surface area (Å²) in [6.45, 7) is 1.65. The van der Waals surface area contributed by atoms with Crippen LogP contribution < -0.4 is 0 Å². The Morgan fingerprint density at radius 2 is 2.31 bits per heavy atom. The van der Waals surface area contributed by atoms with Crippen LogP contribution in [0.15, 0.2) is 17.5 Å². The molecule has 1 aromatic rings. The molecule has 0 spiro atoms. The van der Waals surface area contributed by atoms with Crippen molar-refractivity contribution in [1.29, 1.82) is 0 Å². The van der Waals surface area contributed by atoms with Crippen LogP contribution in [0, 0.1) is 0 Å². The number of hydrogen-bond donors (Lipinski definition) is 0. The molecule has 0 aliphatic heterocycles. The van der Waals surface area contributed by atoms with Crippen LogP contribution in [0.3, 0.4) is 0 Å². The predicted octanol–water partition coefficient (Wildman–Crippen LogP) is 1.81. The lowest BCUT2D eigenvalue weighted by Crippen LogP contribution is -2.35. The molecule has 0 unspecified atom stereocenters. The molecule has 0 amide bonds. The standard InChI is InChI=1S/C10H15NOS/c1-8(12)10(11(2)3)7-9-5-4-6-13-9/h4-6,10H,7H2,1-3H3/t10-/m0/s1. The molecule has 1 heterocycles. The number of carbonyl (C=O) groups excluding carboxylic acids is 1. The van der Waals surface area contributed by atoms with Crippen molar-refractivity contribution in [3.63, 3.8) is 0 Å². The summed E-state index contributed by atoms with van der Waals surface area (Å²) in [5, 5.41) is 2.04. The number of ketones is 1. The Morgan fingerprint density at radius 3 is 2.69 bits per heavy atom. The fraction of sp³-hybridized carbons (Fsp3) is 0.500. The van der Waals surface area contributed by atoms with E-state index in [1.165, 1.54) is 4.88 Å². The maximum Gasteiger partial charge on any atom is 0.147 e. The van der Waals surface area contributed by atoms with Gasteiger partial charge in [-0.15, -0.1) is 11.3 Å². The molecule has 1 aromatic heterocycles. The minimum absolute atomic E-state index is 0.0265. The highest BCUT2D eigenvalue weighted by Crippen LogP contribution is 2.13. The van der Waals surface area contributed by atoms with E-state index in [9.17, 15) is 4.79 Å². The van der Waals surface area contributed by atoms with E-state index in [-0.39, 0.29) is 11.8 Å². The fourth-order valence-corrected chi connectivity index (χ4v) is 2.05. The lowest BCUT2D eigenvalue weighted by Gasteiger charge is -2.20. The van der Waals surface area contributed by atoms with Crippen molar-refractivity contribution >= 4 is 17.1 Å². The van der Waals surface area contributed by atoms with Gasteiger partial charge in [-0.1, -0.05) is 6.07 Å². The molecule has 0 saturated heterocycles. The number of rotatable bonds is 4. The molecule has 13 heavy (non-hydrogen) atoms. The van der Waals surface area contributed by atoms with Crippen molar-refractivity contribution in [2.45, 2.75) is 19.4 Å². The minimum atomic E-state index is 0.0265. The number of nitrogens with zero attached hydrogens (tertiary/aromatic N) is 1. The number of carbonyl (C=O) groups is 1. The summed E-state index contributed by atoms with van der Waals surface area (Å²) in [7, 11) is 3.89. The lowest BCUT2D eigenvalue weighted by molar-refractivity contribution is -0.121. The van der Waals surface area contributed by atoms with Crippen molar-refractivity contribution < 1.29 is 4.79 Å². The number of thiophene rings is 1. The zero-order chi connectivity index (χ0) is 9.84. The van der Waals surface area contributed by atoms with Gasteiger partial charge in [0.15, 0.2) is 0 Å². The maximum absolute atomic E-state index is 11.3. The van der Waals surface area contributed by atoms with E-state index in [1.54, 1.807) is 18.3 Å². The molecule has 0 fully saturated rings. The smallest absolute Gasteiger partial charge is 0.147 e. The molecule has 0 bridgehead atoms. The molecular formula is C10H15NOS. The van der Waals surface area contributed by atoms with Gasteiger partial charge in [-0.25, -0.2) is 0 Å². The molecular weight excluding hydrogens is 182 g/mol. The average molecular weight is 197 g/mol. The first kappa shape index (κ1) is 10.4. The molecule has 0 saturated carbocycles. The molecule has 1 rings (SSSR count). The van der Waals surface area contributed by atoms with Crippen molar-refractivity contribution in [3.8, 4) is 0 Å². The first-order valence-electron chi connectivity index (χ1n) is 4.30. The van der Waals surface area contributed by atoms with Gasteiger partial charge in [-0.05, 0) is 32.5 Å². The van der Waals surface area contributed by atoms with Gasteiger partial charge >= 0.3 is 0 Å². The van der Waals surface area contributed by atoms with E-state index in [0.717, 1.165) is 6.42 Å². The highest BCUT2D eigenvalue weighted by Gasteiger charge is 2.17. The highest BCUT2D eigenvalue weighted by atomic mass is 32.1. The Hall–Kier alpha value is -0.670. The van der Waals surface area contributed by atoms with E-state index in [1.807, 2.05) is 30.4 Å². The second-order valence-corrected chi connectivity index (χ2v) is 4.41. The summed E-state index contributed by atoms with van der Waals surface area (Å²) in [4.78, 5) is 14.5. The SMILES string of the molecule is CC(=O)[C@H](Cc1cccs1)N(C)C. The number of likely N-dealkylation sites (N-methyl/N-ethyl adjacent to an activating group) is 1. The number of hydrogen-bond acceptors (Lipinski definition) is 3. The van der Waals surface area contributed by atoms with Crippen LogP contribution in [0.1, 0.15) is 11.8 Å². The summed E-state index contributed by atoms with van der Waals surface area (Å²) in [5.74, 6) is 0.235. The maximum atomic E-state index is 11.3. The Kier molecular flexibility index (Phi) is 3.63. The second-order valence-electron chi connectivity index (χ2n) is 3.37. The summed E-state index contributed by atoms with van der Waals surface area (Å²) in [5.41, 5.74) is 0. The van der Waals surface area contributed by atoms with Gasteiger partial charge in [0.05, 0.1) is 6.04 Å². The van der Waals surface area contributed by atoms with E-state index in [4.69, 9.17) is 0 Å². The fourth-order valence-electron chi connectivity index (χ4n) is 1.31. The Bertz CT molecular complexity index is 266. The summed E-state index contributed by atoms with van der Waals surface area (Å²) in [6, 6.07) is 4.12. The zero-order valence-electron chi connectivity index (χ0n) is 8.28. The Balaban J connectivity index is 2.63. The van der Waals surface area contributed by atoms with E-state index >= 15 is 0 Å². The van der Waals surface area contributed by atoms with Crippen molar-refractivity contribution in [3.05, 3.63) is 22.4 Å². The highest BCUT2D eigenvalue weighted by molar-refractivity contribution is 7.09. The quantitative estimate of drug-likeness (QED) is 0.733. The Labute approximate surface area is 83.2 Å². The van der Waals surface area contributed by atoms with Crippen molar-refractivity contribution in [1.82, 2.24) is 4.90 Å². The molecule has 0 aliphatic rings. The molecule has 0 radical (unpaired) electrons. The van der Waals surface area contributed by atoms with Crippen molar-refractivity contribution in [2.75, 3.05) is 14.1 Å². The first-order chi connectivity index (χ1) is 6.11. The van der Waals surface area contributed by atoms with Crippen molar-refractivity contribution in [2.24, 2.45) is 0 Å². The third-order valence-electron chi connectivity index (χ3n) is 2.07. The van der Waals surface area contributed by atoms with Crippen LogP contribution in [0.4, 0.5) is 0 Å². The molecule has 1 atom stereocenters. The topological polar surface area (TPSA) is 20.3 Å². The van der Waals surface area contributed by atoms with Gasteiger partial charge in [-0.2, -0.15) is 0 Å². The second kappa shape index (κ2) is 4.53. The molecule has 0 aliphatic carbocycles. The summed E-state index contributed by atoms with van der Waals surface area (Å²) >= 11 is 1.71. The first-order valence-corrected chi connectivity index (χ1v) is 5.18. The zero-order valence-corrected chi connectivity index (χ0v) is 9.10. The minimum Gasteiger partial charge on any atom is -0.299 e. The van der Waals surface area contributed by atoms with E-state index in [2.05, 4.69) is 6.07 Å². The van der Waals surface area contributed by atoms with Crippen LogP contribution in [0.5, 0.6) is 0 Å². The summed E-state index contributed by atoms with van der Waals surface area (Å²) in [6.07, 6.45) is 0.833. The van der Waals surface area contributed by atoms with Gasteiger partial charge in [0, 0.05) is 11.3 Å². The van der Waals surface area contributed by atoms with Gasteiger partial charge in [0.1, 0.15) is 5.78 Å². The molecule has 2 nitrogen and oxygen atoms in total. The van der Waals surface area contributed by atoms with E-state index in [0.29, 0.717) is 0 Å². The van der Waals surface area contributed by atoms with Gasteiger partial charge in [-0.3, -0.25) is 9.69 Å².